The maximum Gasteiger partial charge on any atom is 0.0937 e. The van der Waals surface area contributed by atoms with Crippen LogP contribution in [0.5, 0.6) is 0 Å². The van der Waals surface area contributed by atoms with Gasteiger partial charge in [0.05, 0.1) is 28.2 Å². The predicted octanol–water partition coefficient (Wildman–Crippen LogP) is 11.8. The van der Waals surface area contributed by atoms with Gasteiger partial charge in [0.15, 0.2) is 0 Å². The van der Waals surface area contributed by atoms with E-state index in [9.17, 15) is 0 Å². The standard InChI is InChI=1S/C47H32N4/c1-4-15-33(16-5-1)34-17-12-22-37(31-34)50(35-18-6-2-7-19-35)38-27-28-44-42(32-38)47(40-24-13-29-48-45(40)46-41(47)25-14-30-49-46)39-23-10-11-26-43(39)51(44)36-20-8-3-9-21-36/h1-32H. The summed E-state index contributed by atoms with van der Waals surface area (Å²) in [5.41, 5.74) is 14.9. The number of anilines is 6. The minimum atomic E-state index is -0.644. The van der Waals surface area contributed by atoms with Crippen LogP contribution in [0.2, 0.25) is 0 Å². The Kier molecular flexibility index (Phi) is 6.68. The van der Waals surface area contributed by atoms with Crippen LogP contribution in [0.25, 0.3) is 22.5 Å². The van der Waals surface area contributed by atoms with Crippen LogP contribution >= 0.6 is 0 Å². The number of benzene rings is 6. The van der Waals surface area contributed by atoms with Crippen LogP contribution in [0.1, 0.15) is 22.3 Å². The fourth-order valence-electron chi connectivity index (χ4n) is 8.27. The van der Waals surface area contributed by atoms with Gasteiger partial charge in [-0.3, -0.25) is 9.97 Å². The summed E-state index contributed by atoms with van der Waals surface area (Å²) in [5, 5.41) is 0. The third-order valence-corrected chi connectivity index (χ3v) is 10.3. The van der Waals surface area contributed by atoms with E-state index >= 15 is 0 Å². The van der Waals surface area contributed by atoms with Crippen molar-refractivity contribution in [1.82, 2.24) is 9.97 Å². The van der Waals surface area contributed by atoms with Gasteiger partial charge < -0.3 is 9.80 Å². The van der Waals surface area contributed by atoms with E-state index in [1.807, 2.05) is 12.4 Å². The number of rotatable bonds is 5. The number of para-hydroxylation sites is 3. The molecule has 0 saturated heterocycles. The summed E-state index contributed by atoms with van der Waals surface area (Å²) < 4.78 is 0. The van der Waals surface area contributed by atoms with E-state index < -0.39 is 5.41 Å². The second-order valence-electron chi connectivity index (χ2n) is 13.0. The van der Waals surface area contributed by atoms with Gasteiger partial charge in [-0.2, -0.15) is 0 Å². The first-order valence-corrected chi connectivity index (χ1v) is 17.3. The predicted molar refractivity (Wildman–Crippen MR) is 208 cm³/mol. The molecule has 1 aliphatic carbocycles. The minimum absolute atomic E-state index is 0.644. The first-order valence-electron chi connectivity index (χ1n) is 17.3. The van der Waals surface area contributed by atoms with E-state index in [1.165, 1.54) is 22.3 Å². The number of pyridine rings is 2. The van der Waals surface area contributed by atoms with Crippen LogP contribution in [0.15, 0.2) is 194 Å². The molecule has 2 aliphatic rings. The van der Waals surface area contributed by atoms with Gasteiger partial charge in [-0.05, 0) is 106 Å². The zero-order valence-corrected chi connectivity index (χ0v) is 27.8. The van der Waals surface area contributed by atoms with Crippen molar-refractivity contribution in [3.63, 3.8) is 0 Å². The maximum absolute atomic E-state index is 4.98. The fourth-order valence-corrected chi connectivity index (χ4v) is 8.27. The highest BCUT2D eigenvalue weighted by molar-refractivity contribution is 5.95. The number of nitrogens with zero attached hydrogens (tertiary/aromatic N) is 4. The SMILES string of the molecule is c1ccc(-c2cccc(N(c3ccccc3)c3ccc4c(c3)C3(c5ccccc5N4c4ccccc4)c4cccnc4-c4ncccc43)c2)cc1. The Morgan fingerprint density at radius 1 is 0.392 bits per heavy atom. The van der Waals surface area contributed by atoms with E-state index in [-0.39, 0.29) is 0 Å². The molecule has 8 aromatic rings. The van der Waals surface area contributed by atoms with Crippen molar-refractivity contribution in [2.75, 3.05) is 9.80 Å². The summed E-state index contributed by atoms with van der Waals surface area (Å²) in [4.78, 5) is 14.7. The molecule has 4 heteroatoms. The molecule has 51 heavy (non-hydrogen) atoms. The fraction of sp³-hybridized carbons (Fsp3) is 0.0213. The number of hydrogen-bond acceptors (Lipinski definition) is 4. The molecule has 1 spiro atoms. The average Bonchev–Trinajstić information content (AvgIpc) is 3.50. The van der Waals surface area contributed by atoms with Crippen LogP contribution < -0.4 is 9.80 Å². The second kappa shape index (κ2) is 11.7. The lowest BCUT2D eigenvalue weighted by Gasteiger charge is -2.45. The molecule has 4 nitrogen and oxygen atoms in total. The van der Waals surface area contributed by atoms with Crippen molar-refractivity contribution in [3.8, 4) is 22.5 Å². The summed E-state index contributed by atoms with van der Waals surface area (Å²) in [7, 11) is 0. The molecule has 2 aromatic heterocycles. The van der Waals surface area contributed by atoms with Crippen LogP contribution in [0.3, 0.4) is 0 Å². The molecule has 1 aliphatic heterocycles. The maximum atomic E-state index is 4.98. The first kappa shape index (κ1) is 29.2. The Morgan fingerprint density at radius 3 is 1.67 bits per heavy atom. The molecule has 3 heterocycles. The zero-order chi connectivity index (χ0) is 33.8. The van der Waals surface area contributed by atoms with Gasteiger partial charge in [0, 0.05) is 35.1 Å². The first-order chi connectivity index (χ1) is 25.3. The molecule has 0 bridgehead atoms. The van der Waals surface area contributed by atoms with Crippen LogP contribution in [-0.4, -0.2) is 9.97 Å². The molecule has 0 atom stereocenters. The topological polar surface area (TPSA) is 32.3 Å². The summed E-state index contributed by atoms with van der Waals surface area (Å²) in [6.45, 7) is 0. The molecule has 0 radical (unpaired) electrons. The van der Waals surface area contributed by atoms with Crippen molar-refractivity contribution in [2.45, 2.75) is 5.41 Å². The Labute approximate surface area is 297 Å². The molecule has 10 rings (SSSR count). The molecule has 0 amide bonds. The van der Waals surface area contributed by atoms with Gasteiger partial charge >= 0.3 is 0 Å². The van der Waals surface area contributed by atoms with Crippen molar-refractivity contribution in [3.05, 3.63) is 217 Å². The Morgan fingerprint density at radius 2 is 0.941 bits per heavy atom. The average molecular weight is 653 g/mol. The Hall–Kier alpha value is -6.78. The number of aromatic nitrogens is 2. The summed E-state index contributed by atoms with van der Waals surface area (Å²) in [6.07, 6.45) is 3.77. The Balaban J connectivity index is 1.29. The van der Waals surface area contributed by atoms with Gasteiger partial charge in [-0.1, -0.05) is 109 Å². The van der Waals surface area contributed by atoms with E-state index in [0.29, 0.717) is 0 Å². The van der Waals surface area contributed by atoms with E-state index in [1.54, 1.807) is 0 Å². The molecule has 240 valence electrons. The molecule has 0 fully saturated rings. The molecule has 6 aromatic carbocycles. The van der Waals surface area contributed by atoms with E-state index in [0.717, 1.165) is 56.6 Å². The third-order valence-electron chi connectivity index (χ3n) is 10.3. The highest BCUT2D eigenvalue weighted by atomic mass is 15.2. The van der Waals surface area contributed by atoms with Crippen molar-refractivity contribution in [2.24, 2.45) is 0 Å². The van der Waals surface area contributed by atoms with Gasteiger partial charge in [-0.15, -0.1) is 0 Å². The van der Waals surface area contributed by atoms with Gasteiger partial charge in [-0.25, -0.2) is 0 Å². The number of fused-ring (bicyclic) bond motifs is 9. The highest BCUT2D eigenvalue weighted by Crippen LogP contribution is 2.63. The third kappa shape index (κ3) is 4.40. The smallest absolute Gasteiger partial charge is 0.0937 e. The van der Waals surface area contributed by atoms with Gasteiger partial charge in [0.2, 0.25) is 0 Å². The van der Waals surface area contributed by atoms with Gasteiger partial charge in [0.25, 0.3) is 0 Å². The second-order valence-corrected chi connectivity index (χ2v) is 13.0. The lowest BCUT2D eigenvalue weighted by molar-refractivity contribution is 0.749. The lowest BCUT2D eigenvalue weighted by Crippen LogP contribution is -2.36. The largest absolute Gasteiger partial charge is 0.310 e. The van der Waals surface area contributed by atoms with Crippen LogP contribution in [0, 0.1) is 0 Å². The normalized spacial score (nSPS) is 13.2. The van der Waals surface area contributed by atoms with E-state index in [2.05, 4.69) is 192 Å². The van der Waals surface area contributed by atoms with Crippen molar-refractivity contribution in [1.29, 1.82) is 0 Å². The lowest BCUT2D eigenvalue weighted by atomic mass is 9.65. The monoisotopic (exact) mass is 652 g/mol. The molecular formula is C47H32N4. The minimum Gasteiger partial charge on any atom is -0.310 e. The van der Waals surface area contributed by atoms with Crippen molar-refractivity contribution >= 4 is 34.1 Å². The molecular weight excluding hydrogens is 621 g/mol. The van der Waals surface area contributed by atoms with Crippen molar-refractivity contribution < 1.29 is 0 Å². The summed E-state index contributed by atoms with van der Waals surface area (Å²) >= 11 is 0. The quantitative estimate of drug-likeness (QED) is 0.185. The summed E-state index contributed by atoms with van der Waals surface area (Å²) in [5.74, 6) is 0. The van der Waals surface area contributed by atoms with E-state index in [4.69, 9.17) is 9.97 Å². The molecule has 0 saturated carbocycles. The van der Waals surface area contributed by atoms with Gasteiger partial charge in [0.1, 0.15) is 0 Å². The number of hydrogen-bond donors (Lipinski definition) is 0. The Bertz CT molecular complexity index is 2500. The van der Waals surface area contributed by atoms with Crippen LogP contribution in [0.4, 0.5) is 34.1 Å². The molecule has 0 N–H and O–H groups in total. The highest BCUT2D eigenvalue weighted by Gasteiger charge is 2.53. The molecule has 0 unspecified atom stereocenters. The summed E-state index contributed by atoms with van der Waals surface area (Å²) in [6, 6.07) is 65.2. The zero-order valence-electron chi connectivity index (χ0n) is 27.8. The van der Waals surface area contributed by atoms with Crippen LogP contribution in [-0.2, 0) is 5.41 Å².